The Balaban J connectivity index is 1.68. The number of carbonyl (C=O) groups is 1. The van der Waals surface area contributed by atoms with E-state index in [1.165, 1.54) is 26.8 Å². The maximum Gasteiger partial charge on any atom is 0.270 e. The molecule has 1 amide bonds. The molecule has 1 aromatic carbocycles. The van der Waals surface area contributed by atoms with Gasteiger partial charge in [-0.25, -0.2) is 0 Å². The highest BCUT2D eigenvalue weighted by atomic mass is 32.2. The van der Waals surface area contributed by atoms with Crippen molar-refractivity contribution in [3.8, 4) is 6.07 Å². The summed E-state index contributed by atoms with van der Waals surface area (Å²) in [4.78, 5) is 32.1. The van der Waals surface area contributed by atoms with E-state index < -0.39 is 0 Å². The van der Waals surface area contributed by atoms with Gasteiger partial charge in [0.25, 0.3) is 11.5 Å². The van der Waals surface area contributed by atoms with Gasteiger partial charge in [-0.3, -0.25) is 24.0 Å². The van der Waals surface area contributed by atoms with Crippen molar-refractivity contribution in [2.45, 2.75) is 13.5 Å². The zero-order valence-corrected chi connectivity index (χ0v) is 20.5. The summed E-state index contributed by atoms with van der Waals surface area (Å²) in [5.74, 6) is 0.563. The summed E-state index contributed by atoms with van der Waals surface area (Å²) in [6, 6.07) is 12.4. The molecule has 7 nitrogen and oxygen atoms in total. The van der Waals surface area contributed by atoms with E-state index in [0.717, 1.165) is 44.1 Å². The molecule has 0 radical (unpaired) electrons. The fraction of sp³-hybridized carbons (Fsp3) is 0.333. The van der Waals surface area contributed by atoms with Crippen LogP contribution < -0.4 is 10.5 Å². The van der Waals surface area contributed by atoms with E-state index in [2.05, 4.69) is 21.9 Å². The van der Waals surface area contributed by atoms with Crippen LogP contribution in [0.5, 0.6) is 0 Å². The van der Waals surface area contributed by atoms with E-state index in [4.69, 9.17) is 12.2 Å². The van der Waals surface area contributed by atoms with E-state index in [0.29, 0.717) is 14.8 Å². The molecule has 0 spiro atoms. The normalized spacial score (nSPS) is 18.3. The van der Waals surface area contributed by atoms with Crippen molar-refractivity contribution in [2.75, 3.05) is 38.1 Å². The second-order valence-corrected chi connectivity index (χ2v) is 9.88. The Bertz CT molecular complexity index is 1240. The standard InChI is InChI=1S/C24H25N5O2S2/c1-16-18(13-20-23(31)27(3)24(32)33-20)21(26(2)22(30)19(16)14-25)29-11-9-28(10-12-29)15-17-7-5-4-6-8-17/h4-8,13H,9-12,15H2,1-3H3/b20-13-. The van der Waals surface area contributed by atoms with E-state index in [-0.39, 0.29) is 17.0 Å². The highest BCUT2D eigenvalue weighted by molar-refractivity contribution is 8.26. The van der Waals surface area contributed by atoms with E-state index in [1.807, 2.05) is 24.3 Å². The minimum Gasteiger partial charge on any atom is -0.355 e. The lowest BCUT2D eigenvalue weighted by Gasteiger charge is -2.37. The Morgan fingerprint density at radius 2 is 1.79 bits per heavy atom. The lowest BCUT2D eigenvalue weighted by molar-refractivity contribution is -0.121. The average molecular weight is 480 g/mol. The second-order valence-electron chi connectivity index (χ2n) is 8.20. The van der Waals surface area contributed by atoms with Gasteiger partial charge >= 0.3 is 0 Å². The van der Waals surface area contributed by atoms with Crippen molar-refractivity contribution >= 4 is 46.1 Å². The number of amides is 1. The molecule has 2 fully saturated rings. The topological polar surface area (TPSA) is 72.6 Å². The zero-order chi connectivity index (χ0) is 23.7. The van der Waals surface area contributed by atoms with Crippen molar-refractivity contribution in [1.29, 1.82) is 5.26 Å². The number of thiocarbonyl (C=S) groups is 1. The lowest BCUT2D eigenvalue weighted by atomic mass is 10.0. The maximum atomic E-state index is 12.9. The molecule has 0 unspecified atom stereocenters. The van der Waals surface area contributed by atoms with Crippen molar-refractivity contribution in [1.82, 2.24) is 14.4 Å². The molecule has 2 aromatic rings. The minimum atomic E-state index is -0.322. The van der Waals surface area contributed by atoms with Gasteiger partial charge in [-0.05, 0) is 24.1 Å². The van der Waals surface area contributed by atoms with Gasteiger partial charge in [0.05, 0.1) is 4.91 Å². The van der Waals surface area contributed by atoms with Crippen LogP contribution in [0.15, 0.2) is 40.0 Å². The smallest absolute Gasteiger partial charge is 0.270 e. The summed E-state index contributed by atoms with van der Waals surface area (Å²) in [5.41, 5.74) is 2.36. The van der Waals surface area contributed by atoms with Crippen molar-refractivity contribution in [2.24, 2.45) is 7.05 Å². The molecule has 3 heterocycles. The molecule has 2 saturated heterocycles. The summed E-state index contributed by atoms with van der Waals surface area (Å²) in [6.07, 6.45) is 1.78. The van der Waals surface area contributed by atoms with E-state index in [9.17, 15) is 14.9 Å². The Hall–Kier alpha value is -2.93. The first-order valence-corrected chi connectivity index (χ1v) is 11.9. The van der Waals surface area contributed by atoms with Crippen LogP contribution in [-0.4, -0.2) is 57.8 Å². The molecule has 9 heteroatoms. The molecule has 170 valence electrons. The number of nitriles is 1. The van der Waals surface area contributed by atoms with Crippen LogP contribution >= 0.6 is 24.0 Å². The first-order valence-electron chi connectivity index (χ1n) is 10.7. The molecule has 0 bridgehead atoms. The Morgan fingerprint density at radius 3 is 2.36 bits per heavy atom. The fourth-order valence-electron chi connectivity index (χ4n) is 4.23. The van der Waals surface area contributed by atoms with Crippen LogP contribution in [0, 0.1) is 18.3 Å². The van der Waals surface area contributed by atoms with Gasteiger partial charge in [0, 0.05) is 52.4 Å². The Morgan fingerprint density at radius 1 is 1.12 bits per heavy atom. The SMILES string of the molecule is Cc1c(/C=C2\SC(=S)N(C)C2=O)c(N2CCN(Cc3ccccc3)CC2)n(C)c(=O)c1C#N. The highest BCUT2D eigenvalue weighted by Gasteiger charge is 2.31. The fourth-order valence-corrected chi connectivity index (χ4v) is 5.39. The van der Waals surface area contributed by atoms with Crippen molar-refractivity contribution in [3.63, 3.8) is 0 Å². The first kappa shape index (κ1) is 23.2. The number of hydrogen-bond donors (Lipinski definition) is 0. The maximum absolute atomic E-state index is 12.9. The molecule has 0 atom stereocenters. The first-order chi connectivity index (χ1) is 15.8. The molecule has 1 aromatic heterocycles. The third kappa shape index (κ3) is 4.47. The second kappa shape index (κ2) is 9.51. The van der Waals surface area contributed by atoms with Gasteiger partial charge in [-0.15, -0.1) is 0 Å². The number of benzene rings is 1. The van der Waals surface area contributed by atoms with Gasteiger partial charge in [0.2, 0.25) is 0 Å². The monoisotopic (exact) mass is 479 g/mol. The number of pyridine rings is 1. The minimum absolute atomic E-state index is 0.0993. The molecular formula is C24H25N5O2S2. The number of likely N-dealkylation sites (N-methyl/N-ethyl adjacent to an activating group) is 1. The quantitative estimate of drug-likeness (QED) is 0.493. The number of hydrogen-bond acceptors (Lipinski definition) is 7. The van der Waals surface area contributed by atoms with Crippen LogP contribution in [0.1, 0.15) is 22.3 Å². The molecule has 2 aliphatic heterocycles. The third-order valence-corrected chi connectivity index (χ3v) is 7.64. The summed E-state index contributed by atoms with van der Waals surface area (Å²) >= 11 is 6.51. The van der Waals surface area contributed by atoms with Crippen LogP contribution in [0.25, 0.3) is 6.08 Å². The van der Waals surface area contributed by atoms with Gasteiger partial charge in [-0.1, -0.05) is 54.3 Å². The largest absolute Gasteiger partial charge is 0.355 e. The number of nitrogens with zero attached hydrogens (tertiary/aromatic N) is 5. The highest BCUT2D eigenvalue weighted by Crippen LogP contribution is 2.35. The number of anilines is 1. The number of piperazine rings is 1. The van der Waals surface area contributed by atoms with Crippen LogP contribution in [0.4, 0.5) is 5.82 Å². The molecule has 4 rings (SSSR count). The summed E-state index contributed by atoms with van der Waals surface area (Å²) in [7, 11) is 3.34. The average Bonchev–Trinajstić information content (AvgIpc) is 3.06. The Labute approximate surface area is 202 Å². The molecule has 2 aliphatic rings. The summed E-state index contributed by atoms with van der Waals surface area (Å²) in [6.45, 7) is 5.82. The van der Waals surface area contributed by atoms with Crippen molar-refractivity contribution < 1.29 is 4.79 Å². The number of aromatic nitrogens is 1. The molecule has 0 aliphatic carbocycles. The van der Waals surface area contributed by atoms with Gasteiger partial charge in [-0.2, -0.15) is 5.26 Å². The predicted octanol–water partition coefficient (Wildman–Crippen LogP) is 2.72. The van der Waals surface area contributed by atoms with E-state index in [1.54, 1.807) is 27.1 Å². The van der Waals surface area contributed by atoms with Gasteiger partial charge in [0.15, 0.2) is 0 Å². The lowest BCUT2D eigenvalue weighted by Crippen LogP contribution is -2.48. The molecule has 0 saturated carbocycles. The molecular weight excluding hydrogens is 454 g/mol. The summed E-state index contributed by atoms with van der Waals surface area (Å²) in [5, 5.41) is 9.62. The van der Waals surface area contributed by atoms with E-state index >= 15 is 0 Å². The number of rotatable bonds is 4. The third-order valence-electron chi connectivity index (χ3n) is 6.15. The van der Waals surface area contributed by atoms with Crippen molar-refractivity contribution in [3.05, 3.63) is 67.8 Å². The van der Waals surface area contributed by atoms with Gasteiger partial charge < -0.3 is 4.90 Å². The number of carbonyl (C=O) groups excluding carboxylic acids is 1. The molecule has 33 heavy (non-hydrogen) atoms. The molecule has 0 N–H and O–H groups in total. The zero-order valence-electron chi connectivity index (χ0n) is 18.9. The number of thioether (sulfide) groups is 1. The predicted molar refractivity (Wildman–Crippen MR) is 136 cm³/mol. The summed E-state index contributed by atoms with van der Waals surface area (Å²) < 4.78 is 2.03. The van der Waals surface area contributed by atoms with Crippen LogP contribution in [0.2, 0.25) is 0 Å². The Kier molecular flexibility index (Phi) is 6.70. The van der Waals surface area contributed by atoms with Gasteiger partial charge in [0.1, 0.15) is 21.8 Å². The van der Waals surface area contributed by atoms with Crippen LogP contribution in [-0.2, 0) is 18.4 Å². The van der Waals surface area contributed by atoms with Crippen LogP contribution in [0.3, 0.4) is 0 Å².